The molecule has 0 saturated carbocycles. The normalized spacial score (nSPS) is 12.3. The van der Waals surface area contributed by atoms with Crippen molar-refractivity contribution < 1.29 is 0 Å². The van der Waals surface area contributed by atoms with E-state index >= 15 is 0 Å². The first-order chi connectivity index (χ1) is 9.09. The molecule has 3 heteroatoms. The molecule has 0 saturated heterocycles. The van der Waals surface area contributed by atoms with Gasteiger partial charge >= 0.3 is 5.69 Å². The highest BCUT2D eigenvalue weighted by Crippen LogP contribution is 2.27. The van der Waals surface area contributed by atoms with Crippen molar-refractivity contribution in [3.8, 4) is 0 Å². The molecule has 0 N–H and O–H groups in total. The third kappa shape index (κ3) is 3.72. The highest BCUT2D eigenvalue weighted by Gasteiger charge is 2.22. The van der Waals surface area contributed by atoms with Crippen molar-refractivity contribution >= 4 is 10.9 Å². The summed E-state index contributed by atoms with van der Waals surface area (Å²) in [5, 5.41) is 1.07. The number of aromatic nitrogens is 2. The lowest BCUT2D eigenvalue weighted by molar-refractivity contribution is 0.341. The Hall–Kier alpha value is -1.64. The van der Waals surface area contributed by atoms with Crippen LogP contribution in [0.15, 0.2) is 29.1 Å². The van der Waals surface area contributed by atoms with Crippen LogP contribution in [0.4, 0.5) is 0 Å². The van der Waals surface area contributed by atoms with Gasteiger partial charge in [0.2, 0.25) is 0 Å². The average Bonchev–Trinajstić information content (AvgIpc) is 2.29. The van der Waals surface area contributed by atoms with Crippen LogP contribution in [-0.4, -0.2) is 9.55 Å². The molecular weight excluding hydrogens is 260 g/mol. The van der Waals surface area contributed by atoms with E-state index in [0.29, 0.717) is 6.54 Å². The van der Waals surface area contributed by atoms with E-state index in [1.54, 1.807) is 4.57 Å². The van der Waals surface area contributed by atoms with E-state index in [0.717, 1.165) is 16.6 Å². The first-order valence-electron chi connectivity index (χ1n) is 7.10. The molecular formula is C18H28N2O. The Morgan fingerprint density at radius 1 is 1.05 bits per heavy atom. The van der Waals surface area contributed by atoms with Gasteiger partial charge in [-0.15, -0.1) is 0 Å². The highest BCUT2D eigenvalue weighted by molar-refractivity contribution is 5.82. The zero-order valence-corrected chi connectivity index (χ0v) is 13.3. The van der Waals surface area contributed by atoms with E-state index in [2.05, 4.69) is 52.6 Å². The predicted molar refractivity (Wildman–Crippen MR) is 90.9 cm³/mol. The molecule has 0 unspecified atom stereocenters. The van der Waals surface area contributed by atoms with E-state index in [4.69, 9.17) is 0 Å². The maximum absolute atomic E-state index is 12.4. The molecule has 116 valence electrons. The summed E-state index contributed by atoms with van der Waals surface area (Å²) in [5.74, 6) is 0. The number of fused-ring (bicyclic) bond motifs is 1. The Labute approximate surface area is 128 Å². The molecule has 0 spiro atoms. The second-order valence-electron chi connectivity index (χ2n) is 7.66. The van der Waals surface area contributed by atoms with Crippen molar-refractivity contribution in [2.24, 2.45) is 5.41 Å². The zero-order valence-electron chi connectivity index (χ0n) is 13.3. The van der Waals surface area contributed by atoms with Gasteiger partial charge in [-0.3, -0.25) is 4.57 Å². The summed E-state index contributed by atoms with van der Waals surface area (Å²) in [6.07, 6.45) is 0. The molecule has 21 heavy (non-hydrogen) atoms. The molecule has 3 nitrogen and oxygen atoms in total. The number of hydrogen-bond acceptors (Lipinski definition) is 2. The van der Waals surface area contributed by atoms with Crippen LogP contribution >= 0.6 is 0 Å². The fraction of sp³-hybridized carbons (Fsp3) is 0.556. The molecule has 0 aliphatic heterocycles. The van der Waals surface area contributed by atoms with Crippen LogP contribution in [0.5, 0.6) is 0 Å². The largest absolute Gasteiger partial charge is 0.348 e. The Bertz CT molecular complexity index is 685. The lowest BCUT2D eigenvalue weighted by Crippen LogP contribution is -2.32. The Kier molecular flexibility index (Phi) is 4.66. The van der Waals surface area contributed by atoms with Crippen molar-refractivity contribution in [3.63, 3.8) is 0 Å². The summed E-state index contributed by atoms with van der Waals surface area (Å²) in [4.78, 5) is 16.8. The summed E-state index contributed by atoms with van der Waals surface area (Å²) in [6.45, 7) is 13.3. The third-order valence-electron chi connectivity index (χ3n) is 3.23. The van der Waals surface area contributed by atoms with Gasteiger partial charge in [-0.25, -0.2) is 4.79 Å². The lowest BCUT2D eigenvalue weighted by Gasteiger charge is -2.24. The monoisotopic (exact) mass is 288 g/mol. The minimum absolute atomic E-state index is 0. The summed E-state index contributed by atoms with van der Waals surface area (Å²) in [5.41, 5.74) is 1.61. The molecule has 0 atom stereocenters. The molecule has 2 rings (SSSR count). The topological polar surface area (TPSA) is 34.9 Å². The number of benzene rings is 1. The molecule has 0 fully saturated rings. The maximum atomic E-state index is 12.4. The second kappa shape index (κ2) is 5.63. The zero-order chi connectivity index (χ0) is 15.1. The molecule has 2 aromatic rings. The van der Waals surface area contributed by atoms with E-state index < -0.39 is 0 Å². The van der Waals surface area contributed by atoms with Crippen molar-refractivity contribution in [1.29, 1.82) is 0 Å². The van der Waals surface area contributed by atoms with Crippen molar-refractivity contribution in [3.05, 3.63) is 40.4 Å². The minimum Gasteiger partial charge on any atom is -0.291 e. The molecule has 1 aromatic carbocycles. The smallest absolute Gasteiger partial charge is 0.291 e. The number of nitrogens with zero attached hydrogens (tertiary/aromatic N) is 2. The minimum atomic E-state index is -0.149. The summed E-state index contributed by atoms with van der Waals surface area (Å²) in [6, 6.07) is 8.06. The Morgan fingerprint density at radius 2 is 1.62 bits per heavy atom. The molecule has 1 aromatic heterocycles. The Morgan fingerprint density at radius 3 is 2.14 bits per heavy atom. The second-order valence-corrected chi connectivity index (χ2v) is 7.66. The average molecular weight is 288 g/mol. The summed E-state index contributed by atoms with van der Waals surface area (Å²) >= 11 is 0. The fourth-order valence-electron chi connectivity index (χ4n) is 2.43. The highest BCUT2D eigenvalue weighted by atomic mass is 16.1. The molecule has 1 heterocycles. The van der Waals surface area contributed by atoms with E-state index in [1.165, 1.54) is 0 Å². The lowest BCUT2D eigenvalue weighted by atomic mass is 9.89. The quantitative estimate of drug-likeness (QED) is 0.780. The van der Waals surface area contributed by atoms with Crippen LogP contribution in [0, 0.1) is 5.41 Å². The van der Waals surface area contributed by atoms with Gasteiger partial charge < -0.3 is 0 Å². The fourth-order valence-corrected chi connectivity index (χ4v) is 2.43. The van der Waals surface area contributed by atoms with Gasteiger partial charge in [0.15, 0.2) is 0 Å². The SMILES string of the molecule is C.CC(C)(C)Cn1c(=O)nc(C(C)(C)C)c2ccccc21. The first kappa shape index (κ1) is 17.4. The van der Waals surface area contributed by atoms with Crippen molar-refractivity contribution in [2.75, 3.05) is 0 Å². The van der Waals surface area contributed by atoms with Crippen LogP contribution in [-0.2, 0) is 12.0 Å². The van der Waals surface area contributed by atoms with Gasteiger partial charge in [0.05, 0.1) is 11.2 Å². The van der Waals surface area contributed by atoms with Crippen molar-refractivity contribution in [2.45, 2.75) is 60.9 Å². The van der Waals surface area contributed by atoms with Crippen LogP contribution in [0.1, 0.15) is 54.7 Å². The Balaban J connectivity index is 0.00000220. The van der Waals surface area contributed by atoms with Gasteiger partial charge in [0.1, 0.15) is 0 Å². The van der Waals surface area contributed by atoms with E-state index in [-0.39, 0.29) is 23.9 Å². The van der Waals surface area contributed by atoms with Gasteiger partial charge in [0, 0.05) is 17.3 Å². The van der Waals surface area contributed by atoms with E-state index in [9.17, 15) is 4.79 Å². The first-order valence-corrected chi connectivity index (χ1v) is 7.10. The van der Waals surface area contributed by atoms with Crippen LogP contribution in [0.2, 0.25) is 0 Å². The van der Waals surface area contributed by atoms with E-state index in [1.807, 2.05) is 18.2 Å². The number of hydrogen-bond donors (Lipinski definition) is 0. The molecule has 0 bridgehead atoms. The van der Waals surface area contributed by atoms with Crippen molar-refractivity contribution in [1.82, 2.24) is 9.55 Å². The van der Waals surface area contributed by atoms with Crippen LogP contribution in [0.25, 0.3) is 10.9 Å². The van der Waals surface area contributed by atoms with Gasteiger partial charge in [-0.2, -0.15) is 4.98 Å². The standard InChI is InChI=1S/C17H24N2O.CH4/c1-16(2,3)11-19-13-10-8-7-9-12(13)14(17(4,5)6)18-15(19)20;/h7-10H,11H2,1-6H3;1H4. The van der Waals surface area contributed by atoms with Crippen LogP contribution < -0.4 is 5.69 Å². The number of para-hydroxylation sites is 1. The molecule has 0 amide bonds. The molecule has 0 radical (unpaired) electrons. The summed E-state index contributed by atoms with van der Waals surface area (Å²) < 4.78 is 1.80. The third-order valence-corrected chi connectivity index (χ3v) is 3.23. The molecule has 0 aliphatic rings. The maximum Gasteiger partial charge on any atom is 0.348 e. The number of rotatable bonds is 1. The van der Waals surface area contributed by atoms with Gasteiger partial charge in [-0.1, -0.05) is 67.2 Å². The molecule has 0 aliphatic carbocycles. The van der Waals surface area contributed by atoms with Crippen LogP contribution in [0.3, 0.4) is 0 Å². The van der Waals surface area contributed by atoms with Gasteiger partial charge in [0.25, 0.3) is 0 Å². The summed E-state index contributed by atoms with van der Waals surface area (Å²) in [7, 11) is 0. The van der Waals surface area contributed by atoms with Gasteiger partial charge in [-0.05, 0) is 11.5 Å². The predicted octanol–water partition coefficient (Wildman–Crippen LogP) is 4.38.